The van der Waals surface area contributed by atoms with Crippen LogP contribution in [0.5, 0.6) is 0 Å². The summed E-state index contributed by atoms with van der Waals surface area (Å²) in [5, 5.41) is 0. The van der Waals surface area contributed by atoms with Crippen molar-refractivity contribution in [3.8, 4) is 0 Å². The molecule has 0 amide bonds. The van der Waals surface area contributed by atoms with Crippen LogP contribution in [0.1, 0.15) is 45.4 Å². The summed E-state index contributed by atoms with van der Waals surface area (Å²) in [6, 6.07) is 0.0885. The third-order valence-electron chi connectivity index (χ3n) is 2.36. The van der Waals surface area contributed by atoms with Gasteiger partial charge in [-0.2, -0.15) is 13.1 Å². The molecule has 0 spiro atoms. The van der Waals surface area contributed by atoms with Crippen LogP contribution in [-0.2, 0) is 14.5 Å². The van der Waals surface area contributed by atoms with Crippen LogP contribution in [0.2, 0.25) is 0 Å². The minimum Gasteiger partial charge on any atom is -0.258 e. The molecule has 0 heterocycles. The zero-order valence-electron chi connectivity index (χ0n) is 8.66. The summed E-state index contributed by atoms with van der Waals surface area (Å²) < 4.78 is 30.0. The summed E-state index contributed by atoms with van der Waals surface area (Å²) in [6.07, 6.45) is 6.03. The molecule has 1 rings (SSSR count). The van der Waals surface area contributed by atoms with E-state index in [0.717, 1.165) is 25.7 Å². The highest BCUT2D eigenvalue weighted by atomic mass is 32.2. The minimum atomic E-state index is -3.49. The standard InChI is InChI=1S/C9H19NO3S/c1-2-8-13-14(11,12)10-9-6-4-3-5-7-9/h9-10H,2-8H2,1H3. The van der Waals surface area contributed by atoms with Crippen molar-refractivity contribution in [3.63, 3.8) is 0 Å². The third kappa shape index (κ3) is 4.39. The van der Waals surface area contributed by atoms with Crippen LogP contribution in [0.3, 0.4) is 0 Å². The van der Waals surface area contributed by atoms with Crippen molar-refractivity contribution in [1.29, 1.82) is 0 Å². The third-order valence-corrected chi connectivity index (χ3v) is 3.46. The molecule has 0 radical (unpaired) electrons. The molecule has 0 aromatic rings. The molecule has 0 aliphatic heterocycles. The molecule has 0 bridgehead atoms. The summed E-state index contributed by atoms with van der Waals surface area (Å²) in [7, 11) is -3.49. The zero-order chi connectivity index (χ0) is 10.4. The molecule has 0 atom stereocenters. The Hall–Kier alpha value is -0.130. The summed E-state index contributed by atoms with van der Waals surface area (Å²) in [5.41, 5.74) is 0. The highest BCUT2D eigenvalue weighted by molar-refractivity contribution is 7.84. The van der Waals surface area contributed by atoms with Crippen LogP contribution < -0.4 is 4.72 Å². The fraction of sp³-hybridized carbons (Fsp3) is 1.00. The van der Waals surface area contributed by atoms with Gasteiger partial charge in [0.05, 0.1) is 6.61 Å². The summed E-state index contributed by atoms with van der Waals surface area (Å²) in [5.74, 6) is 0. The van der Waals surface area contributed by atoms with E-state index < -0.39 is 10.3 Å². The topological polar surface area (TPSA) is 55.4 Å². The van der Waals surface area contributed by atoms with E-state index >= 15 is 0 Å². The first-order chi connectivity index (χ1) is 6.64. The molecular formula is C9H19NO3S. The van der Waals surface area contributed by atoms with Crippen molar-refractivity contribution in [2.45, 2.75) is 51.5 Å². The van der Waals surface area contributed by atoms with Crippen LogP contribution in [0.25, 0.3) is 0 Å². The Morgan fingerprint density at radius 2 is 1.93 bits per heavy atom. The van der Waals surface area contributed by atoms with E-state index in [2.05, 4.69) is 4.72 Å². The SMILES string of the molecule is CCCOS(=O)(=O)NC1CCCCC1. The molecule has 5 heteroatoms. The first kappa shape index (κ1) is 11.9. The average molecular weight is 221 g/mol. The van der Waals surface area contributed by atoms with Crippen LogP contribution in [-0.4, -0.2) is 21.1 Å². The van der Waals surface area contributed by atoms with E-state index in [-0.39, 0.29) is 12.6 Å². The maximum atomic E-state index is 11.3. The molecule has 0 aromatic carbocycles. The van der Waals surface area contributed by atoms with E-state index in [4.69, 9.17) is 4.18 Å². The summed E-state index contributed by atoms with van der Waals surface area (Å²) in [4.78, 5) is 0. The molecule has 1 aliphatic carbocycles. The summed E-state index contributed by atoms with van der Waals surface area (Å²) in [6.45, 7) is 2.15. The molecule has 1 aliphatic rings. The molecule has 1 fully saturated rings. The van der Waals surface area contributed by atoms with Gasteiger partial charge in [0.25, 0.3) is 0 Å². The Morgan fingerprint density at radius 1 is 1.29 bits per heavy atom. The minimum absolute atomic E-state index is 0.0885. The van der Waals surface area contributed by atoms with Gasteiger partial charge in [0.2, 0.25) is 0 Å². The first-order valence-electron chi connectivity index (χ1n) is 5.31. The molecule has 4 nitrogen and oxygen atoms in total. The predicted octanol–water partition coefficient (Wildman–Crippen LogP) is 1.58. The van der Waals surface area contributed by atoms with Gasteiger partial charge >= 0.3 is 10.3 Å². The highest BCUT2D eigenvalue weighted by Gasteiger charge is 2.19. The van der Waals surface area contributed by atoms with E-state index in [0.29, 0.717) is 6.42 Å². The molecule has 1 N–H and O–H groups in total. The van der Waals surface area contributed by atoms with Gasteiger partial charge in [0, 0.05) is 6.04 Å². The van der Waals surface area contributed by atoms with Gasteiger partial charge in [-0.05, 0) is 19.3 Å². The normalized spacial score (nSPS) is 19.8. The highest BCUT2D eigenvalue weighted by Crippen LogP contribution is 2.18. The Kier molecular flexibility index (Phi) is 4.84. The Morgan fingerprint density at radius 3 is 2.50 bits per heavy atom. The number of hydrogen-bond donors (Lipinski definition) is 1. The lowest BCUT2D eigenvalue weighted by Gasteiger charge is -2.21. The largest absolute Gasteiger partial charge is 0.336 e. The maximum absolute atomic E-state index is 11.3. The number of nitrogens with one attached hydrogen (secondary N) is 1. The van der Waals surface area contributed by atoms with E-state index in [9.17, 15) is 8.42 Å². The second kappa shape index (κ2) is 5.68. The number of hydrogen-bond acceptors (Lipinski definition) is 3. The fourth-order valence-corrected chi connectivity index (χ4v) is 2.75. The lowest BCUT2D eigenvalue weighted by atomic mass is 9.96. The monoisotopic (exact) mass is 221 g/mol. The fourth-order valence-electron chi connectivity index (χ4n) is 1.65. The van der Waals surface area contributed by atoms with Crippen LogP contribution >= 0.6 is 0 Å². The first-order valence-corrected chi connectivity index (χ1v) is 6.71. The van der Waals surface area contributed by atoms with Crippen LogP contribution in [0.4, 0.5) is 0 Å². The zero-order valence-corrected chi connectivity index (χ0v) is 9.48. The Bertz CT molecular complexity index is 245. The van der Waals surface area contributed by atoms with E-state index in [1.807, 2.05) is 6.92 Å². The maximum Gasteiger partial charge on any atom is 0.336 e. The van der Waals surface area contributed by atoms with Crippen molar-refractivity contribution >= 4 is 10.3 Å². The van der Waals surface area contributed by atoms with Gasteiger partial charge in [0.1, 0.15) is 0 Å². The quantitative estimate of drug-likeness (QED) is 0.767. The Labute approximate surface area is 86.3 Å². The number of rotatable bonds is 5. The van der Waals surface area contributed by atoms with Crippen molar-refractivity contribution in [1.82, 2.24) is 4.72 Å². The lowest BCUT2D eigenvalue weighted by Crippen LogP contribution is -2.37. The summed E-state index contributed by atoms with van der Waals surface area (Å²) >= 11 is 0. The molecular weight excluding hydrogens is 202 g/mol. The van der Waals surface area contributed by atoms with Crippen molar-refractivity contribution in [3.05, 3.63) is 0 Å². The van der Waals surface area contributed by atoms with Crippen LogP contribution in [0, 0.1) is 0 Å². The van der Waals surface area contributed by atoms with Crippen molar-refractivity contribution in [2.75, 3.05) is 6.61 Å². The van der Waals surface area contributed by atoms with Crippen molar-refractivity contribution < 1.29 is 12.6 Å². The van der Waals surface area contributed by atoms with Crippen LogP contribution in [0.15, 0.2) is 0 Å². The van der Waals surface area contributed by atoms with E-state index in [1.165, 1.54) is 6.42 Å². The molecule has 0 saturated heterocycles. The van der Waals surface area contributed by atoms with Gasteiger partial charge in [-0.15, -0.1) is 0 Å². The second-order valence-electron chi connectivity index (χ2n) is 3.73. The van der Waals surface area contributed by atoms with Gasteiger partial charge in [-0.1, -0.05) is 26.2 Å². The molecule has 84 valence electrons. The smallest absolute Gasteiger partial charge is 0.258 e. The van der Waals surface area contributed by atoms with E-state index in [1.54, 1.807) is 0 Å². The average Bonchev–Trinajstić information content (AvgIpc) is 2.16. The van der Waals surface area contributed by atoms with Gasteiger partial charge < -0.3 is 0 Å². The van der Waals surface area contributed by atoms with Gasteiger partial charge in [0.15, 0.2) is 0 Å². The predicted molar refractivity (Wildman–Crippen MR) is 55.2 cm³/mol. The van der Waals surface area contributed by atoms with Gasteiger partial charge in [-0.3, -0.25) is 4.18 Å². The Balaban J connectivity index is 2.33. The van der Waals surface area contributed by atoms with Crippen molar-refractivity contribution in [2.24, 2.45) is 0 Å². The molecule has 1 saturated carbocycles. The molecule has 14 heavy (non-hydrogen) atoms. The lowest BCUT2D eigenvalue weighted by molar-refractivity contribution is 0.299. The van der Waals surface area contributed by atoms with Gasteiger partial charge in [-0.25, -0.2) is 0 Å². The molecule has 0 unspecified atom stereocenters. The second-order valence-corrected chi connectivity index (χ2v) is 5.11. The molecule has 0 aromatic heterocycles.